The van der Waals surface area contributed by atoms with Crippen molar-refractivity contribution in [2.45, 2.75) is 139 Å². The van der Waals surface area contributed by atoms with E-state index in [1.165, 1.54) is 80.1 Å². The lowest BCUT2D eigenvalue weighted by molar-refractivity contribution is 0.0567. The summed E-state index contributed by atoms with van der Waals surface area (Å²) in [7, 11) is -7.87. The smallest absolute Gasteiger partial charge is 0.333 e. The Hall–Kier alpha value is -4.80. The normalized spacial score (nSPS) is 15.5. The van der Waals surface area contributed by atoms with E-state index in [2.05, 4.69) is 32.4 Å². The van der Waals surface area contributed by atoms with Crippen LogP contribution in [0.15, 0.2) is 46.7 Å². The van der Waals surface area contributed by atoms with E-state index >= 15 is 0 Å². The number of nitrogens with two attached hydrogens (primary N) is 1. The largest absolute Gasteiger partial charge is 0.389 e. The third-order valence-corrected chi connectivity index (χ3v) is 12.4. The first-order valence-corrected chi connectivity index (χ1v) is 22.5. The highest BCUT2D eigenvalue weighted by molar-refractivity contribution is 7.90. The summed E-state index contributed by atoms with van der Waals surface area (Å²) in [5, 5.41) is 42.9. The highest BCUT2D eigenvalue weighted by Crippen LogP contribution is 2.40. The number of nitrogens with one attached hydrogen (secondary N) is 2. The fraction of sp³-hybridized carbons (Fsp3) is 0.500. The number of aryl methyl sites for hydroxylation is 4. The average molecular weight is 837 g/mol. The number of aromatic nitrogens is 4. The number of nitriles is 1. The Morgan fingerprint density at radius 2 is 1.17 bits per heavy atom. The monoisotopic (exact) mass is 836 g/mol. The highest BCUT2D eigenvalue weighted by atomic mass is 32.2. The molecule has 4 aliphatic carbocycles. The molecule has 0 bridgehead atoms. The molecular weight excluding hydrogens is 785 g/mol. The van der Waals surface area contributed by atoms with Crippen LogP contribution < -0.4 is 19.9 Å². The minimum Gasteiger partial charge on any atom is -0.389 e. The SMILES string of the molecule is CC(C)(O)Cn1ccc(S(=O)(=O)NC(=O)Nc2c3c(cc4c2CCC4)CCC3)n1.CC(C)(O)Cn1ccc(S(N)(=O)=O)n1.N#COc1c2c(cc3c1CCC3)CCC2. The summed E-state index contributed by atoms with van der Waals surface area (Å²) < 4.78 is 56.8. The molecule has 0 radical (unpaired) electrons. The molecule has 6 N–H and O–H groups in total. The van der Waals surface area contributed by atoms with Crippen molar-refractivity contribution in [2.24, 2.45) is 5.14 Å². The number of hydrogen-bond acceptors (Lipinski definition) is 11. The number of fused-ring (bicyclic) bond motifs is 4. The fourth-order valence-corrected chi connectivity index (χ4v) is 9.48. The summed E-state index contributed by atoms with van der Waals surface area (Å²) in [6.07, 6.45) is 17.5. The molecule has 8 rings (SSSR count). The maximum absolute atomic E-state index is 12.6. The first-order chi connectivity index (χ1) is 27.2. The third kappa shape index (κ3) is 10.4. The van der Waals surface area contributed by atoms with Gasteiger partial charge in [-0.1, -0.05) is 12.1 Å². The fourth-order valence-electron chi connectivity index (χ4n) is 8.16. The molecule has 16 nitrogen and oxygen atoms in total. The molecule has 4 aliphatic rings. The number of carbonyl (C=O) groups is 1. The molecule has 18 heteroatoms. The van der Waals surface area contributed by atoms with Crippen LogP contribution in [-0.4, -0.2) is 63.8 Å². The second-order valence-electron chi connectivity index (χ2n) is 16.5. The summed E-state index contributed by atoms with van der Waals surface area (Å²) >= 11 is 0. The molecule has 0 unspecified atom stereocenters. The number of ether oxygens (including phenoxy) is 1. The summed E-state index contributed by atoms with van der Waals surface area (Å²) in [6.45, 7) is 6.76. The number of hydrogen-bond donors (Lipinski definition) is 5. The van der Waals surface area contributed by atoms with Gasteiger partial charge in [0, 0.05) is 18.1 Å². The summed E-state index contributed by atoms with van der Waals surface area (Å²) in [4.78, 5) is 12.6. The molecular formula is C40H52N8O8S2. The standard InChI is InChI=1S/C20H26N4O4S.C13H13NO.C7H13N3O3S/c1-20(2,26)12-24-10-9-17(22-24)29(27,28)23-19(25)21-18-15-7-3-5-13(15)11-14-6-4-8-16(14)18;14-8-15-13-11-5-1-3-9(11)7-10-4-2-6-12(10)13;1-7(2,11)5-10-4-3-6(9-10)14(8,12)13/h9-11,26H,3-8,12H2,1-2H3,(H2,21,23,25);7H,1-6H2;3-4,11H,5H2,1-2H3,(H2,8,12,13). The molecule has 0 atom stereocenters. The van der Waals surface area contributed by atoms with Crippen molar-refractivity contribution in [3.63, 3.8) is 0 Å². The second kappa shape index (κ2) is 16.8. The van der Waals surface area contributed by atoms with Gasteiger partial charge in [0.2, 0.25) is 0 Å². The van der Waals surface area contributed by atoms with Gasteiger partial charge in [-0.15, -0.1) is 5.26 Å². The number of sulfonamides is 2. The van der Waals surface area contributed by atoms with Crippen LogP contribution in [0.3, 0.4) is 0 Å². The Kier molecular flexibility index (Phi) is 12.4. The maximum Gasteiger partial charge on any atom is 0.333 e. The van der Waals surface area contributed by atoms with E-state index in [9.17, 15) is 31.8 Å². The van der Waals surface area contributed by atoms with Gasteiger partial charge in [-0.3, -0.25) is 9.36 Å². The number of benzene rings is 2. The Bertz CT molecular complexity index is 2390. The van der Waals surface area contributed by atoms with E-state index in [-0.39, 0.29) is 23.1 Å². The number of anilines is 1. The van der Waals surface area contributed by atoms with Crippen LogP contribution in [0.4, 0.5) is 10.5 Å². The minimum atomic E-state index is -4.12. The predicted molar refractivity (Wildman–Crippen MR) is 215 cm³/mol. The van der Waals surface area contributed by atoms with Gasteiger partial charge in [0.05, 0.1) is 24.3 Å². The quantitative estimate of drug-likeness (QED) is 0.151. The van der Waals surface area contributed by atoms with E-state index < -0.39 is 37.3 Å². The summed E-state index contributed by atoms with van der Waals surface area (Å²) in [5.41, 5.74) is 9.03. The zero-order valence-corrected chi connectivity index (χ0v) is 35.0. The molecule has 0 saturated carbocycles. The molecule has 2 aromatic carbocycles. The van der Waals surface area contributed by atoms with E-state index in [0.717, 1.165) is 86.8 Å². The maximum atomic E-state index is 12.6. The van der Waals surface area contributed by atoms with Crippen molar-refractivity contribution in [1.29, 1.82) is 5.26 Å². The van der Waals surface area contributed by atoms with Crippen LogP contribution in [-0.2, 0) is 84.5 Å². The molecule has 0 spiro atoms. The minimum absolute atomic E-state index is 0.136. The summed E-state index contributed by atoms with van der Waals surface area (Å²) in [5.74, 6) is 0.903. The van der Waals surface area contributed by atoms with Gasteiger partial charge < -0.3 is 20.3 Å². The number of nitrogens with zero attached hydrogens (tertiary/aromatic N) is 5. The summed E-state index contributed by atoms with van der Waals surface area (Å²) in [6, 6.07) is 6.41. The van der Waals surface area contributed by atoms with Gasteiger partial charge in [-0.25, -0.2) is 23.1 Å². The molecule has 312 valence electrons. The number of rotatable bonds is 9. The molecule has 2 heterocycles. The second-order valence-corrected chi connectivity index (χ2v) is 19.7. The van der Waals surface area contributed by atoms with Crippen LogP contribution in [0.5, 0.6) is 5.75 Å². The van der Waals surface area contributed by atoms with Gasteiger partial charge in [-0.2, -0.15) is 18.6 Å². The molecule has 0 aliphatic heterocycles. The third-order valence-electron chi connectivity index (χ3n) is 10.4. The van der Waals surface area contributed by atoms with Gasteiger partial charge in [0.15, 0.2) is 10.1 Å². The van der Waals surface area contributed by atoms with Crippen LogP contribution in [0.2, 0.25) is 0 Å². The van der Waals surface area contributed by atoms with E-state index in [1.807, 2.05) is 6.26 Å². The van der Waals surface area contributed by atoms with Gasteiger partial charge in [0.1, 0.15) is 5.75 Å². The van der Waals surface area contributed by atoms with Crippen molar-refractivity contribution in [3.05, 3.63) is 81.2 Å². The molecule has 4 aromatic rings. The number of aliphatic hydroxyl groups is 2. The van der Waals surface area contributed by atoms with Crippen molar-refractivity contribution in [2.75, 3.05) is 5.32 Å². The van der Waals surface area contributed by atoms with Crippen LogP contribution in [0.25, 0.3) is 0 Å². The molecule has 0 fully saturated rings. The Labute approximate surface area is 339 Å². The Balaban J connectivity index is 0.000000164. The van der Waals surface area contributed by atoms with Gasteiger partial charge >= 0.3 is 6.03 Å². The van der Waals surface area contributed by atoms with Crippen molar-refractivity contribution in [3.8, 4) is 12.0 Å². The van der Waals surface area contributed by atoms with Crippen molar-refractivity contribution >= 4 is 31.8 Å². The molecule has 2 aromatic heterocycles. The first-order valence-electron chi connectivity index (χ1n) is 19.5. The Morgan fingerprint density at radius 3 is 1.59 bits per heavy atom. The zero-order chi connectivity index (χ0) is 42.0. The van der Waals surface area contributed by atoms with Gasteiger partial charge in [0.25, 0.3) is 26.3 Å². The van der Waals surface area contributed by atoms with Crippen LogP contribution in [0.1, 0.15) is 97.9 Å². The topological polar surface area (TPSA) is 245 Å². The lowest BCUT2D eigenvalue weighted by atomic mass is 9.99. The van der Waals surface area contributed by atoms with E-state index in [1.54, 1.807) is 27.7 Å². The van der Waals surface area contributed by atoms with Gasteiger partial charge in [-0.05, 0) is 161 Å². The lowest BCUT2D eigenvalue weighted by Gasteiger charge is -2.17. The number of primary sulfonamides is 1. The molecule has 58 heavy (non-hydrogen) atoms. The molecule has 0 saturated heterocycles. The lowest BCUT2D eigenvalue weighted by Crippen LogP contribution is -2.35. The average Bonchev–Trinajstić information content (AvgIpc) is 3.95. The number of urea groups is 1. The van der Waals surface area contributed by atoms with Crippen molar-refractivity contribution < 1.29 is 36.6 Å². The zero-order valence-electron chi connectivity index (χ0n) is 33.3. The first kappa shape index (κ1) is 42.8. The van der Waals surface area contributed by atoms with E-state index in [4.69, 9.17) is 15.1 Å². The van der Waals surface area contributed by atoms with Crippen LogP contribution in [0, 0.1) is 11.5 Å². The predicted octanol–water partition coefficient (Wildman–Crippen LogP) is 3.97. The number of carbonyl (C=O) groups excluding carboxylic acids is 1. The Morgan fingerprint density at radius 1 is 0.759 bits per heavy atom. The number of amides is 2. The molecule has 2 amide bonds. The van der Waals surface area contributed by atoms with Crippen molar-refractivity contribution in [1.82, 2.24) is 24.3 Å². The highest BCUT2D eigenvalue weighted by Gasteiger charge is 2.28. The van der Waals surface area contributed by atoms with Crippen LogP contribution >= 0.6 is 0 Å². The van der Waals surface area contributed by atoms with E-state index in [0.29, 0.717) is 0 Å².